The number of aromatic nitrogens is 4. The van der Waals surface area contributed by atoms with Crippen molar-refractivity contribution in [3.05, 3.63) is 29.9 Å². The zero-order chi connectivity index (χ0) is 13.9. The fourth-order valence-corrected chi connectivity index (χ4v) is 2.49. The summed E-state index contributed by atoms with van der Waals surface area (Å²) in [7, 11) is 0. The molecule has 0 unspecified atom stereocenters. The van der Waals surface area contributed by atoms with Crippen LogP contribution in [-0.2, 0) is 17.7 Å². The Bertz CT molecular complexity index is 555. The first kappa shape index (κ1) is 13.3. The van der Waals surface area contributed by atoms with Crippen molar-refractivity contribution >= 4 is 0 Å². The monoisotopic (exact) mass is 276 g/mol. The molecule has 0 radical (unpaired) electrons. The van der Waals surface area contributed by atoms with Crippen LogP contribution in [0.1, 0.15) is 43.7 Å². The Morgan fingerprint density at radius 1 is 1.45 bits per heavy atom. The Kier molecular flexibility index (Phi) is 3.82. The molecular formula is C14H20N4O2. The van der Waals surface area contributed by atoms with Gasteiger partial charge in [-0.2, -0.15) is 4.98 Å². The van der Waals surface area contributed by atoms with Gasteiger partial charge in [0.1, 0.15) is 5.82 Å². The normalized spacial score (nSPS) is 19.1. The molecule has 20 heavy (non-hydrogen) atoms. The second-order valence-corrected chi connectivity index (χ2v) is 5.68. The average Bonchev–Trinajstić information content (AvgIpc) is 3.10. The van der Waals surface area contributed by atoms with Gasteiger partial charge < -0.3 is 13.8 Å². The van der Waals surface area contributed by atoms with Gasteiger partial charge in [-0.1, -0.05) is 19.0 Å². The summed E-state index contributed by atoms with van der Waals surface area (Å²) in [6.45, 7) is 6.45. The first-order chi connectivity index (χ1) is 9.72. The third-order valence-electron chi connectivity index (χ3n) is 3.45. The van der Waals surface area contributed by atoms with E-state index >= 15 is 0 Å². The molecule has 1 atom stereocenters. The summed E-state index contributed by atoms with van der Waals surface area (Å²) in [4.78, 5) is 8.88. The first-order valence-corrected chi connectivity index (χ1v) is 7.12. The van der Waals surface area contributed by atoms with E-state index < -0.39 is 0 Å². The molecule has 0 amide bonds. The molecular weight excluding hydrogens is 256 g/mol. The Labute approximate surface area is 118 Å². The predicted octanol–water partition coefficient (Wildman–Crippen LogP) is 2.02. The Balaban J connectivity index is 1.71. The van der Waals surface area contributed by atoms with Crippen molar-refractivity contribution in [1.29, 1.82) is 0 Å². The highest BCUT2D eigenvalue weighted by Gasteiger charge is 2.22. The Hall–Kier alpha value is -1.69. The number of imidazole rings is 1. The lowest BCUT2D eigenvalue weighted by Crippen LogP contribution is -2.10. The highest BCUT2D eigenvalue weighted by atomic mass is 16.5. The summed E-state index contributed by atoms with van der Waals surface area (Å²) in [6.07, 6.45) is 5.64. The van der Waals surface area contributed by atoms with Gasteiger partial charge in [-0.25, -0.2) is 4.98 Å². The van der Waals surface area contributed by atoms with Crippen LogP contribution in [0.4, 0.5) is 0 Å². The molecule has 3 heterocycles. The van der Waals surface area contributed by atoms with Crippen molar-refractivity contribution in [2.75, 3.05) is 13.2 Å². The van der Waals surface area contributed by atoms with Crippen molar-refractivity contribution in [1.82, 2.24) is 19.7 Å². The third kappa shape index (κ3) is 2.90. The minimum absolute atomic E-state index is 0.382. The van der Waals surface area contributed by atoms with E-state index in [1.807, 2.05) is 12.4 Å². The second kappa shape index (κ2) is 5.75. The van der Waals surface area contributed by atoms with E-state index in [0.717, 1.165) is 31.9 Å². The molecule has 0 aromatic carbocycles. The molecule has 0 aliphatic carbocycles. The van der Waals surface area contributed by atoms with E-state index in [2.05, 4.69) is 33.5 Å². The van der Waals surface area contributed by atoms with Gasteiger partial charge in [0.2, 0.25) is 5.89 Å². The molecule has 0 saturated carbocycles. The maximum absolute atomic E-state index is 5.43. The minimum atomic E-state index is 0.382. The van der Waals surface area contributed by atoms with E-state index in [0.29, 0.717) is 30.1 Å². The summed E-state index contributed by atoms with van der Waals surface area (Å²) in [5.74, 6) is 3.37. The van der Waals surface area contributed by atoms with Crippen LogP contribution in [-0.4, -0.2) is 32.9 Å². The largest absolute Gasteiger partial charge is 0.381 e. The van der Waals surface area contributed by atoms with E-state index in [-0.39, 0.29) is 0 Å². The lowest BCUT2D eigenvalue weighted by Gasteiger charge is -2.09. The predicted molar refractivity (Wildman–Crippen MR) is 72.3 cm³/mol. The smallest absolute Gasteiger partial charge is 0.226 e. The third-order valence-corrected chi connectivity index (χ3v) is 3.45. The highest BCUT2D eigenvalue weighted by Crippen LogP contribution is 2.24. The summed E-state index contributed by atoms with van der Waals surface area (Å²) < 4.78 is 12.8. The Morgan fingerprint density at radius 3 is 3.10 bits per heavy atom. The van der Waals surface area contributed by atoms with Gasteiger partial charge in [-0.05, 0) is 12.3 Å². The van der Waals surface area contributed by atoms with Crippen LogP contribution in [0.3, 0.4) is 0 Å². The van der Waals surface area contributed by atoms with Crippen LogP contribution in [0, 0.1) is 5.92 Å². The van der Waals surface area contributed by atoms with Gasteiger partial charge in [0.15, 0.2) is 5.82 Å². The zero-order valence-corrected chi connectivity index (χ0v) is 12.0. The van der Waals surface area contributed by atoms with Crippen LogP contribution < -0.4 is 0 Å². The molecule has 6 nitrogen and oxygen atoms in total. The van der Waals surface area contributed by atoms with Crippen LogP contribution in [0.5, 0.6) is 0 Å². The molecule has 0 spiro atoms. The van der Waals surface area contributed by atoms with Gasteiger partial charge in [0.05, 0.1) is 13.2 Å². The van der Waals surface area contributed by atoms with Gasteiger partial charge in [0, 0.05) is 31.3 Å². The topological polar surface area (TPSA) is 66.0 Å². The van der Waals surface area contributed by atoms with Crippen LogP contribution in [0.15, 0.2) is 16.9 Å². The zero-order valence-electron chi connectivity index (χ0n) is 12.0. The molecule has 1 saturated heterocycles. The summed E-state index contributed by atoms with van der Waals surface area (Å²) >= 11 is 0. The van der Waals surface area contributed by atoms with Crippen LogP contribution in [0.25, 0.3) is 0 Å². The molecule has 1 fully saturated rings. The molecule has 0 N–H and O–H groups in total. The van der Waals surface area contributed by atoms with Crippen molar-refractivity contribution in [3.8, 4) is 0 Å². The van der Waals surface area contributed by atoms with Gasteiger partial charge in [-0.3, -0.25) is 0 Å². The van der Waals surface area contributed by atoms with Crippen molar-refractivity contribution < 1.29 is 9.26 Å². The molecule has 1 aliphatic heterocycles. The fraction of sp³-hybridized carbons (Fsp3) is 0.643. The lowest BCUT2D eigenvalue weighted by molar-refractivity contribution is 0.192. The first-order valence-electron chi connectivity index (χ1n) is 7.12. The molecule has 0 bridgehead atoms. The lowest BCUT2D eigenvalue weighted by atomic mass is 10.1. The van der Waals surface area contributed by atoms with Crippen LogP contribution in [0.2, 0.25) is 0 Å². The van der Waals surface area contributed by atoms with Crippen molar-refractivity contribution in [2.24, 2.45) is 5.92 Å². The standard InChI is InChI=1S/C14H20N4O2/c1-10(2)7-13-16-12(17-20-13)8-18-5-4-15-14(18)11-3-6-19-9-11/h4-5,10-11H,3,6-9H2,1-2H3/t11-/m0/s1. The van der Waals surface area contributed by atoms with E-state index in [1.54, 1.807) is 0 Å². The van der Waals surface area contributed by atoms with Gasteiger partial charge in [0.25, 0.3) is 0 Å². The summed E-state index contributed by atoms with van der Waals surface area (Å²) in [6, 6.07) is 0. The molecule has 1 aliphatic rings. The number of hydrogen-bond acceptors (Lipinski definition) is 5. The van der Waals surface area contributed by atoms with E-state index in [4.69, 9.17) is 9.26 Å². The number of hydrogen-bond donors (Lipinski definition) is 0. The summed E-state index contributed by atoms with van der Waals surface area (Å²) in [5.41, 5.74) is 0. The Morgan fingerprint density at radius 2 is 2.35 bits per heavy atom. The van der Waals surface area contributed by atoms with E-state index in [1.165, 1.54) is 0 Å². The number of nitrogens with zero attached hydrogens (tertiary/aromatic N) is 4. The molecule has 6 heteroatoms. The number of rotatable bonds is 5. The number of ether oxygens (including phenoxy) is 1. The average molecular weight is 276 g/mol. The van der Waals surface area contributed by atoms with Gasteiger partial charge >= 0.3 is 0 Å². The van der Waals surface area contributed by atoms with Crippen molar-refractivity contribution in [3.63, 3.8) is 0 Å². The fourth-order valence-electron chi connectivity index (χ4n) is 2.49. The minimum Gasteiger partial charge on any atom is -0.381 e. The second-order valence-electron chi connectivity index (χ2n) is 5.68. The summed E-state index contributed by atoms with van der Waals surface area (Å²) in [5, 5.41) is 4.05. The maximum Gasteiger partial charge on any atom is 0.226 e. The van der Waals surface area contributed by atoms with E-state index in [9.17, 15) is 0 Å². The quantitative estimate of drug-likeness (QED) is 0.835. The maximum atomic E-state index is 5.43. The highest BCUT2D eigenvalue weighted by molar-refractivity contribution is 5.04. The molecule has 2 aromatic rings. The van der Waals surface area contributed by atoms with Crippen LogP contribution >= 0.6 is 0 Å². The molecule has 2 aromatic heterocycles. The molecule has 3 rings (SSSR count). The molecule has 108 valence electrons. The van der Waals surface area contributed by atoms with Crippen molar-refractivity contribution in [2.45, 2.75) is 39.2 Å². The SMILES string of the molecule is CC(C)Cc1nc(Cn2ccnc2[C@H]2CCOC2)no1. The van der Waals surface area contributed by atoms with Gasteiger partial charge in [-0.15, -0.1) is 0 Å².